The predicted molar refractivity (Wildman–Crippen MR) is 95.3 cm³/mol. The van der Waals surface area contributed by atoms with Crippen molar-refractivity contribution in [1.82, 2.24) is 9.97 Å². The van der Waals surface area contributed by atoms with Gasteiger partial charge in [-0.25, -0.2) is 4.98 Å². The van der Waals surface area contributed by atoms with Crippen molar-refractivity contribution in [3.05, 3.63) is 60.8 Å². The molecular weight excluding hydrogens is 274 g/mol. The van der Waals surface area contributed by atoms with Gasteiger partial charge in [-0.05, 0) is 33.3 Å². The summed E-state index contributed by atoms with van der Waals surface area (Å²) in [7, 11) is 4.50. The van der Waals surface area contributed by atoms with E-state index in [4.69, 9.17) is 0 Å². The summed E-state index contributed by atoms with van der Waals surface area (Å²) in [5.74, 6) is 0. The summed E-state index contributed by atoms with van der Waals surface area (Å²) in [6.07, 6.45) is 1.82. The number of nitrogens with two attached hydrogens (primary N) is 3. The maximum absolute atomic E-state index is 4.58. The van der Waals surface area contributed by atoms with Crippen LogP contribution in [0.4, 0.5) is 0 Å². The third-order valence-electron chi connectivity index (χ3n) is 2.52. The van der Waals surface area contributed by atoms with E-state index in [2.05, 4.69) is 27.2 Å². The fraction of sp³-hybridized carbons (Fsp3) is 0.176. The average molecular weight is 299 g/mol. The van der Waals surface area contributed by atoms with Crippen molar-refractivity contribution in [1.29, 1.82) is 0 Å². The molecule has 0 bridgehead atoms. The Morgan fingerprint density at radius 2 is 1.14 bits per heavy atom. The van der Waals surface area contributed by atoms with Gasteiger partial charge in [0.15, 0.2) is 0 Å². The van der Waals surface area contributed by atoms with E-state index < -0.39 is 0 Å². The molecule has 5 heteroatoms. The standard InChI is InChI=1S/C14H10N2.3CH5N/c1-2-6-11(7-3-1)14-10-15-12-8-4-5-9-13(12)16-14;3*1-2/h1-10H;3*2H2,1H3. The number of fused-ring (bicyclic) bond motifs is 1. The van der Waals surface area contributed by atoms with E-state index in [1.165, 1.54) is 21.1 Å². The van der Waals surface area contributed by atoms with Gasteiger partial charge >= 0.3 is 0 Å². The summed E-state index contributed by atoms with van der Waals surface area (Å²) in [6, 6.07) is 18.0. The first kappa shape index (κ1) is 19.7. The second-order valence-electron chi connectivity index (χ2n) is 3.61. The van der Waals surface area contributed by atoms with Crippen LogP contribution in [0.1, 0.15) is 0 Å². The van der Waals surface area contributed by atoms with Crippen LogP contribution in [0.5, 0.6) is 0 Å². The molecule has 2 aromatic carbocycles. The molecule has 0 atom stereocenters. The van der Waals surface area contributed by atoms with E-state index in [9.17, 15) is 0 Å². The molecule has 0 aliphatic rings. The van der Waals surface area contributed by atoms with Gasteiger partial charge in [-0.2, -0.15) is 0 Å². The molecule has 0 radical (unpaired) electrons. The first-order valence-corrected chi connectivity index (χ1v) is 6.94. The zero-order chi connectivity index (χ0) is 16.8. The number of para-hydroxylation sites is 2. The van der Waals surface area contributed by atoms with Crippen molar-refractivity contribution in [3.63, 3.8) is 0 Å². The van der Waals surface area contributed by atoms with Crippen molar-refractivity contribution in [2.75, 3.05) is 21.1 Å². The lowest BCUT2D eigenvalue weighted by Gasteiger charge is -2.01. The zero-order valence-electron chi connectivity index (χ0n) is 13.4. The van der Waals surface area contributed by atoms with Crippen LogP contribution in [0.15, 0.2) is 60.8 Å². The van der Waals surface area contributed by atoms with Crippen LogP contribution < -0.4 is 17.2 Å². The Morgan fingerprint density at radius 3 is 1.73 bits per heavy atom. The molecule has 3 rings (SSSR count). The van der Waals surface area contributed by atoms with E-state index in [-0.39, 0.29) is 0 Å². The second-order valence-corrected chi connectivity index (χ2v) is 3.61. The minimum absolute atomic E-state index is 0.916. The van der Waals surface area contributed by atoms with Crippen LogP contribution in [0.3, 0.4) is 0 Å². The molecule has 1 aromatic heterocycles. The van der Waals surface area contributed by atoms with E-state index >= 15 is 0 Å². The van der Waals surface area contributed by atoms with Crippen LogP contribution in [0.25, 0.3) is 22.3 Å². The van der Waals surface area contributed by atoms with Crippen LogP contribution in [0, 0.1) is 0 Å². The molecule has 22 heavy (non-hydrogen) atoms. The summed E-state index contributed by atoms with van der Waals surface area (Å²) in [4.78, 5) is 8.98. The van der Waals surface area contributed by atoms with Gasteiger partial charge in [0.2, 0.25) is 0 Å². The maximum atomic E-state index is 4.58. The first-order chi connectivity index (χ1) is 10.9. The highest BCUT2D eigenvalue weighted by Gasteiger charge is 2.00. The number of benzene rings is 2. The van der Waals surface area contributed by atoms with E-state index in [1.807, 2.05) is 60.8 Å². The number of nitrogens with zero attached hydrogens (tertiary/aromatic N) is 2. The maximum Gasteiger partial charge on any atom is 0.0894 e. The Kier molecular flexibility index (Phi) is 11.1. The fourth-order valence-corrected chi connectivity index (χ4v) is 1.71. The molecule has 0 fully saturated rings. The molecule has 0 saturated carbocycles. The van der Waals surface area contributed by atoms with Gasteiger partial charge in [0.05, 0.1) is 22.9 Å². The van der Waals surface area contributed by atoms with E-state index in [0.29, 0.717) is 0 Å². The van der Waals surface area contributed by atoms with Crippen molar-refractivity contribution >= 4 is 11.0 Å². The number of hydrogen-bond donors (Lipinski definition) is 3. The highest BCUT2D eigenvalue weighted by molar-refractivity contribution is 5.76. The monoisotopic (exact) mass is 299 g/mol. The Balaban J connectivity index is 0.000000661. The summed E-state index contributed by atoms with van der Waals surface area (Å²) in [5, 5.41) is 0. The lowest BCUT2D eigenvalue weighted by molar-refractivity contribution is 1.29. The molecule has 6 N–H and O–H groups in total. The van der Waals surface area contributed by atoms with Gasteiger partial charge in [0.1, 0.15) is 0 Å². The van der Waals surface area contributed by atoms with E-state index in [1.54, 1.807) is 0 Å². The molecule has 0 unspecified atom stereocenters. The fourth-order valence-electron chi connectivity index (χ4n) is 1.71. The third-order valence-corrected chi connectivity index (χ3v) is 2.52. The van der Waals surface area contributed by atoms with Crippen molar-refractivity contribution in [2.45, 2.75) is 0 Å². The summed E-state index contributed by atoms with van der Waals surface area (Å²) >= 11 is 0. The molecule has 0 aliphatic carbocycles. The Labute approximate surface area is 132 Å². The minimum atomic E-state index is 0.916. The quantitative estimate of drug-likeness (QED) is 0.637. The molecular formula is C17H25N5. The lowest BCUT2D eigenvalue weighted by Crippen LogP contribution is -1.87. The van der Waals surface area contributed by atoms with Gasteiger partial charge in [-0.1, -0.05) is 42.5 Å². The van der Waals surface area contributed by atoms with Gasteiger partial charge in [0.25, 0.3) is 0 Å². The molecule has 3 aromatic rings. The number of hydrogen-bond acceptors (Lipinski definition) is 5. The van der Waals surface area contributed by atoms with Crippen molar-refractivity contribution in [2.24, 2.45) is 17.2 Å². The van der Waals surface area contributed by atoms with Crippen LogP contribution in [-0.4, -0.2) is 31.1 Å². The number of aromatic nitrogens is 2. The molecule has 0 saturated heterocycles. The Bertz CT molecular complexity index is 626. The normalized spacial score (nSPS) is 8.45. The third kappa shape index (κ3) is 5.57. The molecule has 5 nitrogen and oxygen atoms in total. The molecule has 118 valence electrons. The van der Waals surface area contributed by atoms with Crippen molar-refractivity contribution in [3.8, 4) is 11.3 Å². The highest BCUT2D eigenvalue weighted by Crippen LogP contribution is 2.18. The van der Waals surface area contributed by atoms with Crippen molar-refractivity contribution < 1.29 is 0 Å². The van der Waals surface area contributed by atoms with Gasteiger partial charge in [-0.15, -0.1) is 0 Å². The summed E-state index contributed by atoms with van der Waals surface area (Å²) < 4.78 is 0. The Hall–Kier alpha value is -2.34. The predicted octanol–water partition coefficient (Wildman–Crippen LogP) is 2.02. The lowest BCUT2D eigenvalue weighted by atomic mass is 10.1. The first-order valence-electron chi connectivity index (χ1n) is 6.94. The number of rotatable bonds is 1. The topological polar surface area (TPSA) is 104 Å². The van der Waals surface area contributed by atoms with Crippen LogP contribution in [-0.2, 0) is 0 Å². The van der Waals surface area contributed by atoms with E-state index in [0.717, 1.165) is 22.3 Å². The smallest absolute Gasteiger partial charge is 0.0894 e. The minimum Gasteiger partial charge on any atom is -0.333 e. The highest BCUT2D eigenvalue weighted by atomic mass is 14.8. The van der Waals surface area contributed by atoms with Gasteiger partial charge < -0.3 is 17.2 Å². The van der Waals surface area contributed by atoms with Crippen LogP contribution in [0.2, 0.25) is 0 Å². The molecule has 0 spiro atoms. The zero-order valence-corrected chi connectivity index (χ0v) is 13.4. The second kappa shape index (κ2) is 12.4. The van der Waals surface area contributed by atoms with Gasteiger partial charge in [0, 0.05) is 5.56 Å². The Morgan fingerprint density at radius 1 is 0.636 bits per heavy atom. The molecule has 0 amide bonds. The summed E-state index contributed by atoms with van der Waals surface area (Å²) in [5.41, 5.74) is 17.4. The van der Waals surface area contributed by atoms with Gasteiger partial charge in [-0.3, -0.25) is 4.98 Å². The summed E-state index contributed by atoms with van der Waals surface area (Å²) in [6.45, 7) is 0. The largest absolute Gasteiger partial charge is 0.333 e. The van der Waals surface area contributed by atoms with Crippen LogP contribution >= 0.6 is 0 Å². The average Bonchev–Trinajstić information content (AvgIpc) is 2.67. The molecule has 0 aliphatic heterocycles. The SMILES string of the molecule is CN.CN.CN.c1ccc(-c2cnc3ccccc3n2)cc1. The molecule has 1 heterocycles.